The molecule has 5 nitrogen and oxygen atoms in total. The summed E-state index contributed by atoms with van der Waals surface area (Å²) in [5.41, 5.74) is 5.56. The lowest BCUT2D eigenvalue weighted by atomic mass is 9.98. The van der Waals surface area contributed by atoms with Crippen molar-refractivity contribution in [3.8, 4) is 0 Å². The van der Waals surface area contributed by atoms with Gasteiger partial charge < -0.3 is 15.0 Å². The van der Waals surface area contributed by atoms with Crippen LogP contribution in [0.1, 0.15) is 38.8 Å². The molecule has 1 aliphatic heterocycles. The van der Waals surface area contributed by atoms with Crippen molar-refractivity contribution < 1.29 is 4.74 Å². The Balaban J connectivity index is 2.04. The molecule has 0 aliphatic carbocycles. The van der Waals surface area contributed by atoms with Crippen LogP contribution in [0.15, 0.2) is 0 Å². The largest absolute Gasteiger partial charge is 0.368 e. The fraction of sp³-hybridized carbons (Fsp3) is 0.833. The first-order valence-electron chi connectivity index (χ1n) is 6.24. The van der Waals surface area contributed by atoms with E-state index in [4.69, 9.17) is 10.5 Å². The van der Waals surface area contributed by atoms with E-state index in [0.29, 0.717) is 12.5 Å². The number of fused-ring (bicyclic) bond motifs is 1. The average molecular weight is 238 g/mol. The number of hydrogen-bond donors (Lipinski definition) is 1. The fourth-order valence-electron chi connectivity index (χ4n) is 2.04. The van der Waals surface area contributed by atoms with Crippen LogP contribution in [-0.2, 0) is 24.3 Å². The maximum atomic E-state index is 5.74. The molecular formula is C12H22N4O. The van der Waals surface area contributed by atoms with Crippen LogP contribution in [0, 0.1) is 5.92 Å². The van der Waals surface area contributed by atoms with Gasteiger partial charge in [0.1, 0.15) is 12.4 Å². The van der Waals surface area contributed by atoms with Crippen molar-refractivity contribution in [2.24, 2.45) is 11.7 Å². The summed E-state index contributed by atoms with van der Waals surface area (Å²) < 4.78 is 7.92. The lowest BCUT2D eigenvalue weighted by Crippen LogP contribution is -2.27. The smallest absolute Gasteiger partial charge is 0.159 e. The Bertz CT molecular complexity index is 380. The highest BCUT2D eigenvalue weighted by atomic mass is 16.5. The van der Waals surface area contributed by atoms with Gasteiger partial charge in [0.25, 0.3) is 0 Å². The Morgan fingerprint density at radius 2 is 2.18 bits per heavy atom. The van der Waals surface area contributed by atoms with Gasteiger partial charge >= 0.3 is 0 Å². The Morgan fingerprint density at radius 1 is 1.41 bits per heavy atom. The van der Waals surface area contributed by atoms with Crippen LogP contribution in [0.3, 0.4) is 0 Å². The number of nitrogens with zero attached hydrogens (tertiary/aromatic N) is 3. The second kappa shape index (κ2) is 4.74. The molecule has 0 saturated carbocycles. The van der Waals surface area contributed by atoms with Gasteiger partial charge in [0.05, 0.1) is 5.60 Å². The molecule has 17 heavy (non-hydrogen) atoms. The van der Waals surface area contributed by atoms with E-state index in [1.807, 2.05) is 20.8 Å². The zero-order chi connectivity index (χ0) is 12.5. The van der Waals surface area contributed by atoms with Crippen LogP contribution in [-0.4, -0.2) is 26.9 Å². The van der Waals surface area contributed by atoms with Gasteiger partial charge in [0.2, 0.25) is 0 Å². The molecule has 96 valence electrons. The molecule has 1 aromatic heterocycles. The molecule has 0 radical (unpaired) electrons. The Hall–Kier alpha value is -0.940. The van der Waals surface area contributed by atoms with Crippen LogP contribution in [0.2, 0.25) is 0 Å². The van der Waals surface area contributed by atoms with Gasteiger partial charge in [-0.3, -0.25) is 0 Å². The average Bonchev–Trinajstić information content (AvgIpc) is 2.67. The molecule has 0 bridgehead atoms. The highest BCUT2D eigenvalue weighted by Crippen LogP contribution is 2.20. The van der Waals surface area contributed by atoms with Crippen molar-refractivity contribution in [3.05, 3.63) is 11.6 Å². The van der Waals surface area contributed by atoms with Gasteiger partial charge in [-0.15, -0.1) is 10.2 Å². The van der Waals surface area contributed by atoms with Crippen LogP contribution < -0.4 is 5.73 Å². The number of ether oxygens (including phenoxy) is 1. The molecule has 1 aliphatic rings. The van der Waals surface area contributed by atoms with Crippen LogP contribution >= 0.6 is 0 Å². The maximum Gasteiger partial charge on any atom is 0.159 e. The van der Waals surface area contributed by atoms with E-state index in [1.54, 1.807) is 0 Å². The van der Waals surface area contributed by atoms with Crippen LogP contribution in [0.25, 0.3) is 0 Å². The van der Waals surface area contributed by atoms with Gasteiger partial charge in [-0.25, -0.2) is 0 Å². The number of rotatable bonds is 3. The molecule has 1 atom stereocenters. The third-order valence-corrected chi connectivity index (χ3v) is 3.10. The molecule has 2 heterocycles. The van der Waals surface area contributed by atoms with E-state index in [2.05, 4.69) is 14.8 Å². The summed E-state index contributed by atoms with van der Waals surface area (Å²) in [4.78, 5) is 0. The van der Waals surface area contributed by atoms with Gasteiger partial charge in [0, 0.05) is 13.0 Å². The second-order valence-electron chi connectivity index (χ2n) is 5.68. The van der Waals surface area contributed by atoms with Crippen LogP contribution in [0.4, 0.5) is 0 Å². The summed E-state index contributed by atoms with van der Waals surface area (Å²) in [6.07, 6.45) is 2.06. The highest BCUT2D eigenvalue weighted by Gasteiger charge is 2.22. The molecule has 0 aromatic carbocycles. The Morgan fingerprint density at radius 3 is 2.82 bits per heavy atom. The minimum absolute atomic E-state index is 0.138. The molecule has 2 rings (SSSR count). The first-order chi connectivity index (χ1) is 7.99. The highest BCUT2D eigenvalue weighted by molar-refractivity contribution is 5.00. The first-order valence-corrected chi connectivity index (χ1v) is 6.24. The number of hydrogen-bond acceptors (Lipinski definition) is 4. The van der Waals surface area contributed by atoms with E-state index in [-0.39, 0.29) is 5.60 Å². The molecule has 0 amide bonds. The van der Waals surface area contributed by atoms with Gasteiger partial charge in [0.15, 0.2) is 5.82 Å². The van der Waals surface area contributed by atoms with Gasteiger partial charge in [-0.1, -0.05) is 0 Å². The molecular weight excluding hydrogens is 216 g/mol. The minimum Gasteiger partial charge on any atom is -0.368 e. The number of nitrogens with two attached hydrogens (primary N) is 1. The predicted octanol–water partition coefficient (Wildman–Crippen LogP) is 1.11. The summed E-state index contributed by atoms with van der Waals surface area (Å²) >= 11 is 0. The lowest BCUT2D eigenvalue weighted by Gasteiger charge is -2.23. The first kappa shape index (κ1) is 12.5. The van der Waals surface area contributed by atoms with Crippen molar-refractivity contribution in [1.82, 2.24) is 14.8 Å². The number of aromatic nitrogens is 3. The molecule has 1 aromatic rings. The van der Waals surface area contributed by atoms with E-state index in [1.165, 1.54) is 0 Å². The maximum absolute atomic E-state index is 5.74. The van der Waals surface area contributed by atoms with Crippen molar-refractivity contribution in [1.29, 1.82) is 0 Å². The summed E-state index contributed by atoms with van der Waals surface area (Å²) in [6.45, 7) is 8.37. The van der Waals surface area contributed by atoms with Crippen molar-refractivity contribution in [2.45, 2.75) is 52.4 Å². The van der Waals surface area contributed by atoms with Crippen molar-refractivity contribution >= 4 is 0 Å². The van der Waals surface area contributed by atoms with E-state index in [9.17, 15) is 0 Å². The quantitative estimate of drug-likeness (QED) is 0.856. The van der Waals surface area contributed by atoms with E-state index in [0.717, 1.165) is 37.6 Å². The monoisotopic (exact) mass is 238 g/mol. The van der Waals surface area contributed by atoms with E-state index >= 15 is 0 Å². The molecule has 1 unspecified atom stereocenters. The Kier molecular flexibility index (Phi) is 3.49. The molecule has 0 fully saturated rings. The normalized spacial score (nSPS) is 20.4. The minimum atomic E-state index is -0.138. The third kappa shape index (κ3) is 3.04. The topological polar surface area (TPSA) is 66.0 Å². The Labute approximate surface area is 102 Å². The molecule has 0 saturated heterocycles. The summed E-state index contributed by atoms with van der Waals surface area (Å²) in [7, 11) is 0. The molecule has 2 N–H and O–H groups in total. The zero-order valence-corrected chi connectivity index (χ0v) is 10.9. The third-order valence-electron chi connectivity index (χ3n) is 3.10. The fourth-order valence-corrected chi connectivity index (χ4v) is 2.04. The van der Waals surface area contributed by atoms with Crippen molar-refractivity contribution in [3.63, 3.8) is 0 Å². The van der Waals surface area contributed by atoms with Gasteiger partial charge in [-0.05, 0) is 39.7 Å². The second-order valence-corrected chi connectivity index (χ2v) is 5.68. The summed E-state index contributed by atoms with van der Waals surface area (Å²) in [5, 5.41) is 8.45. The lowest BCUT2D eigenvalue weighted by molar-refractivity contribution is -0.0196. The zero-order valence-electron chi connectivity index (χ0n) is 10.9. The summed E-state index contributed by atoms with van der Waals surface area (Å²) in [6, 6.07) is 0. The SMILES string of the molecule is CC(C)(C)OCc1nnc2n1CCC(CN)C2. The molecule has 5 heteroatoms. The van der Waals surface area contributed by atoms with Gasteiger partial charge in [-0.2, -0.15) is 0 Å². The predicted molar refractivity (Wildman–Crippen MR) is 65.4 cm³/mol. The standard InChI is InChI=1S/C12H22N4O/c1-12(2,3)17-8-11-15-14-10-6-9(7-13)4-5-16(10)11/h9H,4-8,13H2,1-3H3. The van der Waals surface area contributed by atoms with Crippen molar-refractivity contribution in [2.75, 3.05) is 6.54 Å². The van der Waals surface area contributed by atoms with E-state index < -0.39 is 0 Å². The molecule has 0 spiro atoms. The van der Waals surface area contributed by atoms with Crippen LogP contribution in [0.5, 0.6) is 0 Å². The summed E-state index contributed by atoms with van der Waals surface area (Å²) in [5.74, 6) is 2.55.